The number of carbonyl (C=O) groups is 2. The van der Waals surface area contributed by atoms with Crippen LogP contribution in [0.15, 0.2) is 18.3 Å². The summed E-state index contributed by atoms with van der Waals surface area (Å²) in [6.07, 6.45) is 6.76. The highest BCUT2D eigenvalue weighted by molar-refractivity contribution is 5.95. The molecule has 2 N–H and O–H groups in total. The van der Waals surface area contributed by atoms with Crippen molar-refractivity contribution >= 4 is 11.9 Å². The number of carboxylic acid groups (broad SMARTS) is 1. The summed E-state index contributed by atoms with van der Waals surface area (Å²) in [6.45, 7) is 2.24. The predicted octanol–water partition coefficient (Wildman–Crippen LogP) is 2.48. The van der Waals surface area contributed by atoms with Crippen molar-refractivity contribution in [2.24, 2.45) is 5.92 Å². The summed E-state index contributed by atoms with van der Waals surface area (Å²) < 4.78 is 0. The molecule has 1 saturated carbocycles. The molecule has 1 aromatic rings. The van der Waals surface area contributed by atoms with Crippen molar-refractivity contribution in [3.05, 3.63) is 29.6 Å². The van der Waals surface area contributed by atoms with E-state index < -0.39 is 5.97 Å². The molecule has 5 heteroatoms. The first-order valence-corrected chi connectivity index (χ1v) is 7.06. The van der Waals surface area contributed by atoms with Gasteiger partial charge in [-0.15, -0.1) is 0 Å². The summed E-state index contributed by atoms with van der Waals surface area (Å²) in [5, 5.41) is 11.9. The molecule has 1 fully saturated rings. The van der Waals surface area contributed by atoms with Crippen LogP contribution < -0.4 is 5.32 Å². The van der Waals surface area contributed by atoms with Crippen LogP contribution in [-0.2, 0) is 0 Å². The first-order valence-electron chi connectivity index (χ1n) is 7.06. The SMILES string of the molecule is CC1CCCC(NC(=O)c2cc(C(=O)O)ccn2)CC1. The first kappa shape index (κ1) is 14.5. The van der Waals surface area contributed by atoms with E-state index in [-0.39, 0.29) is 23.2 Å². The number of nitrogens with zero attached hydrogens (tertiary/aromatic N) is 1. The van der Waals surface area contributed by atoms with Gasteiger partial charge in [0.05, 0.1) is 5.56 Å². The van der Waals surface area contributed by atoms with Gasteiger partial charge in [0.1, 0.15) is 5.69 Å². The van der Waals surface area contributed by atoms with E-state index in [9.17, 15) is 9.59 Å². The molecule has 2 rings (SSSR count). The van der Waals surface area contributed by atoms with E-state index in [4.69, 9.17) is 5.11 Å². The number of aromatic carboxylic acids is 1. The Morgan fingerprint density at radius 3 is 2.85 bits per heavy atom. The molecule has 2 atom stereocenters. The average Bonchev–Trinajstić information content (AvgIpc) is 2.64. The number of carboxylic acids is 1. The molecule has 1 aromatic heterocycles. The van der Waals surface area contributed by atoms with Crippen LogP contribution in [0.4, 0.5) is 0 Å². The van der Waals surface area contributed by atoms with Gasteiger partial charge in [0.15, 0.2) is 0 Å². The van der Waals surface area contributed by atoms with Gasteiger partial charge in [-0.05, 0) is 37.3 Å². The normalized spacial score (nSPS) is 22.9. The Kier molecular flexibility index (Phi) is 4.71. The van der Waals surface area contributed by atoms with Crippen molar-refractivity contribution in [3.8, 4) is 0 Å². The second kappa shape index (κ2) is 6.50. The number of rotatable bonds is 3. The van der Waals surface area contributed by atoms with Gasteiger partial charge in [-0.25, -0.2) is 4.79 Å². The molecule has 1 aliphatic rings. The third-order valence-corrected chi connectivity index (χ3v) is 3.83. The lowest BCUT2D eigenvalue weighted by molar-refractivity contribution is 0.0696. The second-order valence-corrected chi connectivity index (χ2v) is 5.52. The zero-order valence-electron chi connectivity index (χ0n) is 11.6. The standard InChI is InChI=1S/C15H20N2O3/c1-10-3-2-4-12(6-5-10)17-14(18)13-9-11(15(19)20)7-8-16-13/h7-10,12H,2-6H2,1H3,(H,17,18)(H,19,20). The molecule has 0 saturated heterocycles. The van der Waals surface area contributed by atoms with E-state index in [0.717, 1.165) is 25.7 Å². The highest BCUT2D eigenvalue weighted by Gasteiger charge is 2.19. The molecule has 108 valence electrons. The minimum atomic E-state index is -1.05. The zero-order valence-corrected chi connectivity index (χ0v) is 11.6. The van der Waals surface area contributed by atoms with E-state index in [0.29, 0.717) is 5.92 Å². The van der Waals surface area contributed by atoms with Crippen LogP contribution in [0.5, 0.6) is 0 Å². The fraction of sp³-hybridized carbons (Fsp3) is 0.533. The Hall–Kier alpha value is -1.91. The molecular weight excluding hydrogens is 256 g/mol. The quantitative estimate of drug-likeness (QED) is 0.831. The molecule has 2 unspecified atom stereocenters. The fourth-order valence-electron chi connectivity index (χ4n) is 2.58. The molecule has 1 aliphatic carbocycles. The van der Waals surface area contributed by atoms with Crippen LogP contribution in [0.3, 0.4) is 0 Å². The van der Waals surface area contributed by atoms with Gasteiger partial charge >= 0.3 is 5.97 Å². The first-order chi connectivity index (χ1) is 9.56. The van der Waals surface area contributed by atoms with E-state index in [1.54, 1.807) is 0 Å². The van der Waals surface area contributed by atoms with Gasteiger partial charge < -0.3 is 10.4 Å². The number of carbonyl (C=O) groups excluding carboxylic acids is 1. The lowest BCUT2D eigenvalue weighted by Crippen LogP contribution is -2.35. The number of amides is 1. The molecule has 5 nitrogen and oxygen atoms in total. The maximum atomic E-state index is 12.1. The minimum Gasteiger partial charge on any atom is -0.478 e. The van der Waals surface area contributed by atoms with Crippen molar-refractivity contribution in [1.29, 1.82) is 0 Å². The minimum absolute atomic E-state index is 0.0830. The van der Waals surface area contributed by atoms with Gasteiger partial charge in [-0.3, -0.25) is 9.78 Å². The third-order valence-electron chi connectivity index (χ3n) is 3.83. The van der Waals surface area contributed by atoms with Crippen molar-refractivity contribution in [2.45, 2.75) is 45.1 Å². The summed E-state index contributed by atoms with van der Waals surface area (Å²) in [6, 6.07) is 2.87. The maximum absolute atomic E-state index is 12.1. The molecular formula is C15H20N2O3. The van der Waals surface area contributed by atoms with Crippen molar-refractivity contribution in [2.75, 3.05) is 0 Å². The number of aromatic nitrogens is 1. The lowest BCUT2D eigenvalue weighted by atomic mass is 10.0. The highest BCUT2D eigenvalue weighted by atomic mass is 16.4. The monoisotopic (exact) mass is 276 g/mol. The van der Waals surface area contributed by atoms with Crippen molar-refractivity contribution in [1.82, 2.24) is 10.3 Å². The van der Waals surface area contributed by atoms with Gasteiger partial charge in [0, 0.05) is 12.2 Å². The van der Waals surface area contributed by atoms with Gasteiger partial charge in [0.2, 0.25) is 0 Å². The highest BCUT2D eigenvalue weighted by Crippen LogP contribution is 2.22. The van der Waals surface area contributed by atoms with Crippen molar-refractivity contribution < 1.29 is 14.7 Å². The Labute approximate surface area is 118 Å². The summed E-state index contributed by atoms with van der Waals surface area (Å²) in [7, 11) is 0. The molecule has 0 spiro atoms. The molecule has 1 amide bonds. The van der Waals surface area contributed by atoms with E-state index in [2.05, 4.69) is 17.2 Å². The van der Waals surface area contributed by atoms with Crippen molar-refractivity contribution in [3.63, 3.8) is 0 Å². The summed E-state index contributed by atoms with van der Waals surface area (Å²) in [5.41, 5.74) is 0.252. The maximum Gasteiger partial charge on any atom is 0.335 e. The average molecular weight is 276 g/mol. The van der Waals surface area contributed by atoms with E-state index >= 15 is 0 Å². The van der Waals surface area contributed by atoms with Crippen LogP contribution in [0.1, 0.15) is 59.9 Å². The van der Waals surface area contributed by atoms with Crippen LogP contribution >= 0.6 is 0 Å². The van der Waals surface area contributed by atoms with Crippen LogP contribution in [0, 0.1) is 5.92 Å². The topological polar surface area (TPSA) is 79.3 Å². The van der Waals surface area contributed by atoms with Crippen LogP contribution in [0.2, 0.25) is 0 Å². The van der Waals surface area contributed by atoms with Crippen LogP contribution in [0.25, 0.3) is 0 Å². The van der Waals surface area contributed by atoms with E-state index in [1.165, 1.54) is 24.8 Å². The molecule has 0 bridgehead atoms. The van der Waals surface area contributed by atoms with E-state index in [1.807, 2.05) is 0 Å². The Morgan fingerprint density at radius 1 is 1.30 bits per heavy atom. The summed E-state index contributed by atoms with van der Waals surface area (Å²) >= 11 is 0. The predicted molar refractivity (Wildman–Crippen MR) is 74.7 cm³/mol. The Balaban J connectivity index is 2.00. The molecule has 0 aromatic carbocycles. The zero-order chi connectivity index (χ0) is 14.5. The number of hydrogen-bond acceptors (Lipinski definition) is 3. The molecule has 1 heterocycles. The smallest absolute Gasteiger partial charge is 0.335 e. The lowest BCUT2D eigenvalue weighted by Gasteiger charge is -2.16. The molecule has 0 aliphatic heterocycles. The molecule has 0 radical (unpaired) electrons. The largest absolute Gasteiger partial charge is 0.478 e. The van der Waals surface area contributed by atoms with Gasteiger partial charge in [-0.2, -0.15) is 0 Å². The third kappa shape index (κ3) is 3.79. The van der Waals surface area contributed by atoms with Gasteiger partial charge in [-0.1, -0.05) is 19.8 Å². The Bertz CT molecular complexity index is 502. The second-order valence-electron chi connectivity index (χ2n) is 5.52. The fourth-order valence-corrected chi connectivity index (χ4v) is 2.58. The summed E-state index contributed by atoms with van der Waals surface area (Å²) in [4.78, 5) is 27.0. The number of hydrogen-bond donors (Lipinski definition) is 2. The summed E-state index contributed by atoms with van der Waals surface area (Å²) in [5.74, 6) is -0.622. The van der Waals surface area contributed by atoms with Gasteiger partial charge in [0.25, 0.3) is 5.91 Å². The number of pyridine rings is 1. The molecule has 20 heavy (non-hydrogen) atoms. The Morgan fingerprint density at radius 2 is 2.10 bits per heavy atom. The number of nitrogens with one attached hydrogen (secondary N) is 1. The van der Waals surface area contributed by atoms with Crippen LogP contribution in [-0.4, -0.2) is 28.0 Å².